The lowest BCUT2D eigenvalue weighted by atomic mass is 10.1. The maximum absolute atomic E-state index is 9.05. The molecule has 0 aromatic heterocycles. The normalized spacial score (nSPS) is 11.2. The van der Waals surface area contributed by atoms with Crippen molar-refractivity contribution in [1.29, 1.82) is 0 Å². The maximum Gasteiger partial charge on any atom is 0.272 e. The summed E-state index contributed by atoms with van der Waals surface area (Å²) < 4.78 is 10.1. The van der Waals surface area contributed by atoms with Gasteiger partial charge in [-0.1, -0.05) is 12.1 Å². The van der Waals surface area contributed by atoms with Crippen LogP contribution in [-0.2, 0) is 11.2 Å². The standard InChI is InChI=1S/C12H16O3/c1-3-12(13)15-8-7-10-5-4-6-11(9-10)14-2/h3-6,9,13H,7-8H2,1-2H3/b12-3+. The predicted molar refractivity (Wildman–Crippen MR) is 59.0 cm³/mol. The van der Waals surface area contributed by atoms with E-state index in [2.05, 4.69) is 0 Å². The molecule has 3 heteroatoms. The summed E-state index contributed by atoms with van der Waals surface area (Å²) in [6.45, 7) is 2.18. The molecule has 1 aromatic rings. The molecule has 1 aromatic carbocycles. The monoisotopic (exact) mass is 208 g/mol. The molecular formula is C12H16O3. The zero-order chi connectivity index (χ0) is 11.1. The number of hydrogen-bond donors (Lipinski definition) is 1. The molecule has 0 aliphatic carbocycles. The number of hydrogen-bond acceptors (Lipinski definition) is 3. The van der Waals surface area contributed by atoms with Gasteiger partial charge in [0.05, 0.1) is 13.7 Å². The van der Waals surface area contributed by atoms with Gasteiger partial charge in [0.25, 0.3) is 5.95 Å². The van der Waals surface area contributed by atoms with Gasteiger partial charge in [-0.15, -0.1) is 0 Å². The fourth-order valence-corrected chi connectivity index (χ4v) is 1.18. The minimum absolute atomic E-state index is 0.0297. The van der Waals surface area contributed by atoms with E-state index in [4.69, 9.17) is 14.6 Å². The van der Waals surface area contributed by atoms with Crippen LogP contribution in [0, 0.1) is 0 Å². The quantitative estimate of drug-likeness (QED) is 0.756. The van der Waals surface area contributed by atoms with Crippen molar-refractivity contribution >= 4 is 0 Å². The highest BCUT2D eigenvalue weighted by Crippen LogP contribution is 2.13. The minimum atomic E-state index is -0.0297. The molecule has 0 radical (unpaired) electrons. The van der Waals surface area contributed by atoms with Gasteiger partial charge in [0.2, 0.25) is 0 Å². The first kappa shape index (κ1) is 11.4. The van der Waals surface area contributed by atoms with Crippen LogP contribution in [0.2, 0.25) is 0 Å². The van der Waals surface area contributed by atoms with Gasteiger partial charge in [0, 0.05) is 6.42 Å². The van der Waals surface area contributed by atoms with Gasteiger partial charge in [-0.05, 0) is 30.7 Å². The van der Waals surface area contributed by atoms with Crippen LogP contribution < -0.4 is 4.74 Å². The Balaban J connectivity index is 2.43. The lowest BCUT2D eigenvalue weighted by Gasteiger charge is -2.05. The van der Waals surface area contributed by atoms with Crippen molar-refractivity contribution in [3.05, 3.63) is 41.9 Å². The third-order valence-corrected chi connectivity index (χ3v) is 2.02. The summed E-state index contributed by atoms with van der Waals surface area (Å²) in [5.74, 6) is 0.806. The molecular weight excluding hydrogens is 192 g/mol. The van der Waals surface area contributed by atoms with Crippen LogP contribution in [-0.4, -0.2) is 18.8 Å². The fraction of sp³-hybridized carbons (Fsp3) is 0.333. The van der Waals surface area contributed by atoms with Gasteiger partial charge in [-0.3, -0.25) is 0 Å². The molecule has 0 bridgehead atoms. The highest BCUT2D eigenvalue weighted by molar-refractivity contribution is 5.28. The number of aliphatic hydroxyl groups is 1. The molecule has 0 atom stereocenters. The number of ether oxygens (including phenoxy) is 2. The first-order chi connectivity index (χ1) is 7.26. The second-order valence-electron chi connectivity index (χ2n) is 3.08. The Morgan fingerprint density at radius 1 is 1.47 bits per heavy atom. The Labute approximate surface area is 90.0 Å². The molecule has 0 saturated heterocycles. The van der Waals surface area contributed by atoms with E-state index in [-0.39, 0.29) is 5.95 Å². The van der Waals surface area contributed by atoms with Gasteiger partial charge in [0.1, 0.15) is 5.75 Å². The van der Waals surface area contributed by atoms with Crippen LogP contribution in [0.25, 0.3) is 0 Å². The van der Waals surface area contributed by atoms with E-state index in [1.165, 1.54) is 6.08 Å². The molecule has 3 nitrogen and oxygen atoms in total. The van der Waals surface area contributed by atoms with E-state index in [0.717, 1.165) is 17.7 Å². The number of methoxy groups -OCH3 is 1. The van der Waals surface area contributed by atoms with Crippen LogP contribution >= 0.6 is 0 Å². The summed E-state index contributed by atoms with van der Waals surface area (Å²) in [4.78, 5) is 0. The van der Waals surface area contributed by atoms with Gasteiger partial charge in [0.15, 0.2) is 0 Å². The van der Waals surface area contributed by atoms with E-state index >= 15 is 0 Å². The van der Waals surface area contributed by atoms with Crippen molar-refractivity contribution in [2.75, 3.05) is 13.7 Å². The number of aliphatic hydroxyl groups excluding tert-OH is 1. The smallest absolute Gasteiger partial charge is 0.272 e. The maximum atomic E-state index is 9.05. The average molecular weight is 208 g/mol. The highest BCUT2D eigenvalue weighted by Gasteiger charge is 1.97. The molecule has 0 heterocycles. The summed E-state index contributed by atoms with van der Waals surface area (Å²) in [7, 11) is 1.64. The Hall–Kier alpha value is -1.64. The molecule has 0 fully saturated rings. The summed E-state index contributed by atoms with van der Waals surface area (Å²) in [6, 6.07) is 7.78. The topological polar surface area (TPSA) is 38.7 Å². The highest BCUT2D eigenvalue weighted by atomic mass is 16.6. The van der Waals surface area contributed by atoms with E-state index in [1.54, 1.807) is 14.0 Å². The fourth-order valence-electron chi connectivity index (χ4n) is 1.18. The third kappa shape index (κ3) is 3.94. The lowest BCUT2D eigenvalue weighted by molar-refractivity contribution is 0.0947. The Kier molecular flexibility index (Phi) is 4.54. The molecule has 0 spiro atoms. The SMILES string of the molecule is C/C=C(\O)OCCc1cccc(OC)c1. The van der Waals surface area contributed by atoms with Crippen LogP contribution in [0.5, 0.6) is 5.75 Å². The number of benzene rings is 1. The molecule has 0 aliphatic heterocycles. The molecule has 0 saturated carbocycles. The molecule has 0 amide bonds. The molecule has 15 heavy (non-hydrogen) atoms. The molecule has 0 aliphatic rings. The van der Waals surface area contributed by atoms with Crippen molar-refractivity contribution in [3.63, 3.8) is 0 Å². The van der Waals surface area contributed by atoms with Crippen molar-refractivity contribution in [1.82, 2.24) is 0 Å². The van der Waals surface area contributed by atoms with Crippen molar-refractivity contribution in [2.45, 2.75) is 13.3 Å². The Bertz CT molecular complexity index is 331. The largest absolute Gasteiger partial charge is 0.497 e. The van der Waals surface area contributed by atoms with Gasteiger partial charge in [-0.25, -0.2) is 0 Å². The first-order valence-electron chi connectivity index (χ1n) is 4.87. The van der Waals surface area contributed by atoms with E-state index in [1.807, 2.05) is 24.3 Å². The minimum Gasteiger partial charge on any atom is -0.497 e. The average Bonchev–Trinajstić information content (AvgIpc) is 2.29. The van der Waals surface area contributed by atoms with E-state index in [9.17, 15) is 0 Å². The molecule has 1 N–H and O–H groups in total. The summed E-state index contributed by atoms with van der Waals surface area (Å²) >= 11 is 0. The zero-order valence-corrected chi connectivity index (χ0v) is 9.06. The van der Waals surface area contributed by atoms with E-state index < -0.39 is 0 Å². The molecule has 1 rings (SSSR count). The predicted octanol–water partition coefficient (Wildman–Crippen LogP) is 2.67. The van der Waals surface area contributed by atoms with Crippen molar-refractivity contribution < 1.29 is 14.6 Å². The van der Waals surface area contributed by atoms with Gasteiger partial charge in [-0.2, -0.15) is 0 Å². The zero-order valence-electron chi connectivity index (χ0n) is 9.06. The van der Waals surface area contributed by atoms with Crippen LogP contribution in [0.15, 0.2) is 36.3 Å². The third-order valence-electron chi connectivity index (χ3n) is 2.02. The summed E-state index contributed by atoms with van der Waals surface area (Å²) in [5, 5.41) is 9.05. The van der Waals surface area contributed by atoms with Crippen LogP contribution in [0.3, 0.4) is 0 Å². The second kappa shape index (κ2) is 5.96. The summed E-state index contributed by atoms with van der Waals surface area (Å²) in [5.41, 5.74) is 1.12. The van der Waals surface area contributed by atoms with Crippen LogP contribution in [0.1, 0.15) is 12.5 Å². The van der Waals surface area contributed by atoms with Gasteiger partial charge >= 0.3 is 0 Å². The van der Waals surface area contributed by atoms with Crippen LogP contribution in [0.4, 0.5) is 0 Å². The molecule has 0 unspecified atom stereocenters. The van der Waals surface area contributed by atoms with Crippen molar-refractivity contribution in [2.24, 2.45) is 0 Å². The molecule has 82 valence electrons. The number of allylic oxidation sites excluding steroid dienone is 1. The summed E-state index contributed by atoms with van der Waals surface area (Å²) in [6.07, 6.45) is 2.26. The van der Waals surface area contributed by atoms with Gasteiger partial charge < -0.3 is 14.6 Å². The van der Waals surface area contributed by atoms with Crippen molar-refractivity contribution in [3.8, 4) is 5.75 Å². The second-order valence-corrected chi connectivity index (χ2v) is 3.08. The van der Waals surface area contributed by atoms with E-state index in [0.29, 0.717) is 6.61 Å². The Morgan fingerprint density at radius 2 is 2.27 bits per heavy atom. The Morgan fingerprint density at radius 3 is 2.93 bits per heavy atom. The number of rotatable bonds is 5. The first-order valence-corrected chi connectivity index (χ1v) is 4.87. The lowest BCUT2D eigenvalue weighted by Crippen LogP contribution is -1.98.